The maximum Gasteiger partial charge on any atom is 0.202 e. The zero-order chi connectivity index (χ0) is 16.7. The van der Waals surface area contributed by atoms with Crippen molar-refractivity contribution < 1.29 is 29.6 Å². The summed E-state index contributed by atoms with van der Waals surface area (Å²) in [5.41, 5.74) is 0.887. The zero-order valence-corrected chi connectivity index (χ0v) is 12.6. The lowest BCUT2D eigenvalue weighted by molar-refractivity contribution is 0.0210. The van der Waals surface area contributed by atoms with Crippen LogP contribution in [0.15, 0.2) is 30.3 Å². The summed E-state index contributed by atoms with van der Waals surface area (Å²) in [6, 6.07) is 7.53. The van der Waals surface area contributed by atoms with Crippen molar-refractivity contribution >= 4 is 5.78 Å². The minimum absolute atomic E-state index is 0.0502. The molecule has 1 heterocycles. The molecule has 0 saturated heterocycles. The van der Waals surface area contributed by atoms with Gasteiger partial charge in [-0.05, 0) is 24.6 Å². The highest BCUT2D eigenvalue weighted by atomic mass is 16.5. The number of ether oxygens (including phenoxy) is 2. The average Bonchev–Trinajstić information content (AvgIpc) is 2.54. The van der Waals surface area contributed by atoms with Gasteiger partial charge in [0.05, 0.1) is 7.11 Å². The number of aliphatic hydroxyl groups excluding tert-OH is 1. The second-order valence-corrected chi connectivity index (χ2v) is 5.36. The van der Waals surface area contributed by atoms with Gasteiger partial charge in [-0.25, -0.2) is 0 Å². The Morgan fingerprint density at radius 2 is 1.83 bits per heavy atom. The number of carbonyl (C=O) groups excluding carboxylic acids is 1. The van der Waals surface area contributed by atoms with Gasteiger partial charge in [0.25, 0.3) is 0 Å². The molecular formula is C17H16O6. The maximum atomic E-state index is 12.5. The number of fused-ring (bicyclic) bond motifs is 1. The van der Waals surface area contributed by atoms with Gasteiger partial charge in [0, 0.05) is 11.6 Å². The van der Waals surface area contributed by atoms with Crippen molar-refractivity contribution in [2.45, 2.75) is 19.1 Å². The molecule has 2 unspecified atom stereocenters. The summed E-state index contributed by atoms with van der Waals surface area (Å²) in [5.74, 6) is -0.269. The van der Waals surface area contributed by atoms with Crippen LogP contribution in [0.1, 0.15) is 27.6 Å². The number of Topliss-reactive ketones (excluding diaryl/α,β-unsaturated/α-hetero) is 1. The molecule has 0 saturated carbocycles. The molecule has 0 radical (unpaired) electrons. The van der Waals surface area contributed by atoms with Gasteiger partial charge in [-0.2, -0.15) is 0 Å². The van der Waals surface area contributed by atoms with Crippen molar-refractivity contribution in [3.05, 3.63) is 47.0 Å². The normalized spacial score (nSPS) is 19.9. The fraction of sp³-hybridized carbons (Fsp3) is 0.235. The third kappa shape index (κ3) is 2.37. The van der Waals surface area contributed by atoms with E-state index in [9.17, 15) is 20.1 Å². The fourth-order valence-corrected chi connectivity index (χ4v) is 2.66. The smallest absolute Gasteiger partial charge is 0.202 e. The van der Waals surface area contributed by atoms with Gasteiger partial charge < -0.3 is 24.8 Å². The number of aromatic hydroxyl groups is 2. The summed E-state index contributed by atoms with van der Waals surface area (Å²) in [6.07, 6.45) is -2.38. The van der Waals surface area contributed by atoms with Crippen molar-refractivity contribution in [3.63, 3.8) is 0 Å². The van der Waals surface area contributed by atoms with Crippen molar-refractivity contribution in [3.8, 4) is 23.0 Å². The number of benzene rings is 2. The number of hydrogen-bond donors (Lipinski definition) is 3. The molecule has 0 fully saturated rings. The Hall–Kier alpha value is -2.73. The highest BCUT2D eigenvalue weighted by molar-refractivity contribution is 6.06. The first-order valence-electron chi connectivity index (χ1n) is 7.02. The van der Waals surface area contributed by atoms with E-state index >= 15 is 0 Å². The summed E-state index contributed by atoms with van der Waals surface area (Å²) in [5, 5.41) is 29.8. The van der Waals surface area contributed by atoms with Crippen LogP contribution in [-0.2, 0) is 0 Å². The summed E-state index contributed by atoms with van der Waals surface area (Å²) in [7, 11) is 1.45. The quantitative estimate of drug-likeness (QED) is 0.785. The van der Waals surface area contributed by atoms with Gasteiger partial charge in [0.2, 0.25) is 5.78 Å². The third-order valence-electron chi connectivity index (χ3n) is 3.97. The maximum absolute atomic E-state index is 12.5. The van der Waals surface area contributed by atoms with E-state index in [0.717, 1.165) is 0 Å². The highest BCUT2D eigenvalue weighted by Crippen LogP contribution is 2.44. The molecule has 6 heteroatoms. The Labute approximate surface area is 132 Å². The Morgan fingerprint density at radius 3 is 2.43 bits per heavy atom. The molecule has 2 atom stereocenters. The van der Waals surface area contributed by atoms with Crippen LogP contribution in [0.3, 0.4) is 0 Å². The molecule has 23 heavy (non-hydrogen) atoms. The van der Waals surface area contributed by atoms with Crippen LogP contribution in [0.5, 0.6) is 23.0 Å². The van der Waals surface area contributed by atoms with Crippen LogP contribution < -0.4 is 9.47 Å². The number of hydrogen-bond acceptors (Lipinski definition) is 6. The molecule has 1 aliphatic heterocycles. The number of methoxy groups -OCH3 is 1. The second-order valence-electron chi connectivity index (χ2n) is 5.36. The number of phenols is 2. The number of phenolic OH excluding ortho intramolecular Hbond substituents is 2. The predicted octanol–water partition coefficient (Wildman–Crippen LogP) is 2.09. The first-order valence-corrected chi connectivity index (χ1v) is 7.02. The van der Waals surface area contributed by atoms with E-state index in [1.807, 2.05) is 0 Å². The van der Waals surface area contributed by atoms with Crippen LogP contribution in [-0.4, -0.2) is 34.3 Å². The standard InChI is InChI=1S/C17H16O6/c1-8-11(22-2)7-12-13(14(8)19)15(20)16(21)17(23-12)9-3-5-10(18)6-4-9/h3-7,16-19,21H,1-2H3. The van der Waals surface area contributed by atoms with Crippen molar-refractivity contribution in [2.24, 2.45) is 0 Å². The summed E-state index contributed by atoms with van der Waals surface area (Å²) in [4.78, 5) is 12.5. The molecule has 3 rings (SSSR count). The Bertz CT molecular complexity index is 766. The van der Waals surface area contributed by atoms with Crippen molar-refractivity contribution in [2.75, 3.05) is 7.11 Å². The molecule has 3 N–H and O–H groups in total. The van der Waals surface area contributed by atoms with E-state index in [0.29, 0.717) is 16.9 Å². The van der Waals surface area contributed by atoms with Crippen LogP contribution >= 0.6 is 0 Å². The van der Waals surface area contributed by atoms with Gasteiger partial charge in [-0.1, -0.05) is 12.1 Å². The van der Waals surface area contributed by atoms with Crippen LogP contribution in [0, 0.1) is 6.92 Å². The van der Waals surface area contributed by atoms with Crippen LogP contribution in [0.4, 0.5) is 0 Å². The first kappa shape index (κ1) is 15.2. The third-order valence-corrected chi connectivity index (χ3v) is 3.97. The highest BCUT2D eigenvalue weighted by Gasteiger charge is 2.39. The molecule has 0 aliphatic carbocycles. The zero-order valence-electron chi connectivity index (χ0n) is 12.6. The van der Waals surface area contributed by atoms with Gasteiger partial charge in [-0.3, -0.25) is 4.79 Å². The van der Waals surface area contributed by atoms with E-state index in [2.05, 4.69) is 0 Å². The summed E-state index contributed by atoms with van der Waals surface area (Å²) >= 11 is 0. The van der Waals surface area contributed by atoms with E-state index < -0.39 is 18.0 Å². The molecule has 0 aromatic heterocycles. The number of carbonyl (C=O) groups is 1. The lowest BCUT2D eigenvalue weighted by atomic mass is 9.91. The number of rotatable bonds is 2. The van der Waals surface area contributed by atoms with E-state index in [-0.39, 0.29) is 22.8 Å². The molecular weight excluding hydrogens is 300 g/mol. The molecule has 0 spiro atoms. The Kier molecular flexibility index (Phi) is 3.61. The average molecular weight is 316 g/mol. The Balaban J connectivity index is 2.10. The lowest BCUT2D eigenvalue weighted by Crippen LogP contribution is -2.36. The minimum Gasteiger partial charge on any atom is -0.508 e. The van der Waals surface area contributed by atoms with Gasteiger partial charge in [-0.15, -0.1) is 0 Å². The van der Waals surface area contributed by atoms with Crippen molar-refractivity contribution in [1.82, 2.24) is 0 Å². The topological polar surface area (TPSA) is 96.2 Å². The van der Waals surface area contributed by atoms with E-state index in [1.54, 1.807) is 19.1 Å². The van der Waals surface area contributed by atoms with Gasteiger partial charge in [0.15, 0.2) is 12.2 Å². The monoisotopic (exact) mass is 316 g/mol. The lowest BCUT2D eigenvalue weighted by Gasteiger charge is -2.31. The molecule has 6 nitrogen and oxygen atoms in total. The minimum atomic E-state index is -1.45. The fourth-order valence-electron chi connectivity index (χ4n) is 2.66. The first-order chi connectivity index (χ1) is 10.9. The largest absolute Gasteiger partial charge is 0.508 e. The van der Waals surface area contributed by atoms with Gasteiger partial charge >= 0.3 is 0 Å². The van der Waals surface area contributed by atoms with E-state index in [4.69, 9.17) is 9.47 Å². The molecule has 0 amide bonds. The van der Waals surface area contributed by atoms with Crippen molar-refractivity contribution in [1.29, 1.82) is 0 Å². The number of aliphatic hydroxyl groups is 1. The molecule has 2 aromatic carbocycles. The van der Waals surface area contributed by atoms with Crippen LogP contribution in [0.25, 0.3) is 0 Å². The van der Waals surface area contributed by atoms with Crippen LogP contribution in [0.2, 0.25) is 0 Å². The molecule has 1 aliphatic rings. The molecule has 120 valence electrons. The second kappa shape index (κ2) is 5.48. The van der Waals surface area contributed by atoms with E-state index in [1.165, 1.54) is 25.3 Å². The molecule has 0 bridgehead atoms. The summed E-state index contributed by atoms with van der Waals surface area (Å²) < 4.78 is 10.9. The summed E-state index contributed by atoms with van der Waals surface area (Å²) in [6.45, 7) is 1.61. The number of ketones is 1. The predicted molar refractivity (Wildman–Crippen MR) is 81.2 cm³/mol. The SMILES string of the molecule is COc1cc2c(c(O)c1C)C(=O)C(O)C(c1ccc(O)cc1)O2. The Morgan fingerprint density at radius 1 is 1.17 bits per heavy atom. The van der Waals surface area contributed by atoms with Gasteiger partial charge in [0.1, 0.15) is 28.6 Å². The molecule has 2 aromatic rings.